The van der Waals surface area contributed by atoms with Crippen LogP contribution in [-0.4, -0.2) is 68.5 Å². The number of anilines is 1. The van der Waals surface area contributed by atoms with Crippen LogP contribution in [0.15, 0.2) is 54.9 Å². The minimum Gasteiger partial charge on any atom is -0.356 e. The Morgan fingerprint density at radius 1 is 1.08 bits per heavy atom. The molecule has 10 heteroatoms. The van der Waals surface area contributed by atoms with Gasteiger partial charge in [-0.25, -0.2) is 9.07 Å². The number of rotatable bonds is 10. The van der Waals surface area contributed by atoms with Gasteiger partial charge >= 0.3 is 0 Å². The Morgan fingerprint density at radius 3 is 2.45 bits per heavy atom. The van der Waals surface area contributed by atoms with Crippen LogP contribution < -0.4 is 10.2 Å². The molecular formula is C28H36FN7O2. The number of likely N-dealkylation sites (tertiary alicyclic amines) is 1. The van der Waals surface area contributed by atoms with Gasteiger partial charge in [-0.15, -0.1) is 5.10 Å². The Labute approximate surface area is 223 Å². The highest BCUT2D eigenvalue weighted by Gasteiger charge is 2.41. The van der Waals surface area contributed by atoms with Crippen LogP contribution in [0.2, 0.25) is 0 Å². The van der Waals surface area contributed by atoms with Gasteiger partial charge in [0.15, 0.2) is 0 Å². The van der Waals surface area contributed by atoms with E-state index >= 15 is 0 Å². The third-order valence-corrected chi connectivity index (χ3v) is 7.03. The Morgan fingerprint density at radius 2 is 1.82 bits per heavy atom. The van der Waals surface area contributed by atoms with Crippen LogP contribution in [-0.2, 0) is 16.1 Å². The van der Waals surface area contributed by atoms with Gasteiger partial charge in [-0.2, -0.15) is 0 Å². The summed E-state index contributed by atoms with van der Waals surface area (Å²) in [5.41, 5.74) is 2.62. The first-order valence-corrected chi connectivity index (χ1v) is 13.2. The number of pyridine rings is 1. The number of benzene rings is 1. The van der Waals surface area contributed by atoms with E-state index in [1.54, 1.807) is 6.20 Å². The summed E-state index contributed by atoms with van der Waals surface area (Å²) < 4.78 is 16.1. The Kier molecular flexibility index (Phi) is 8.70. The highest BCUT2D eigenvalue weighted by molar-refractivity contribution is 5.89. The zero-order valence-electron chi connectivity index (χ0n) is 22.4. The molecule has 1 aliphatic heterocycles. The van der Waals surface area contributed by atoms with Crippen LogP contribution in [0.1, 0.15) is 62.9 Å². The average Bonchev–Trinajstić information content (AvgIpc) is 3.55. The minimum absolute atomic E-state index is 0.0565. The maximum Gasteiger partial charge on any atom is 0.245 e. The van der Waals surface area contributed by atoms with E-state index in [2.05, 4.69) is 34.5 Å². The van der Waals surface area contributed by atoms with E-state index in [4.69, 9.17) is 0 Å². The summed E-state index contributed by atoms with van der Waals surface area (Å²) in [5.74, 6) is 0.248. The number of nitrogens with zero attached hydrogens (tertiary/aromatic N) is 6. The van der Waals surface area contributed by atoms with Crippen molar-refractivity contribution in [2.45, 2.75) is 64.8 Å². The third-order valence-electron chi connectivity index (χ3n) is 7.03. The number of halogens is 1. The highest BCUT2D eigenvalue weighted by Crippen LogP contribution is 2.26. The second-order valence-corrected chi connectivity index (χ2v) is 9.84. The van der Waals surface area contributed by atoms with Crippen LogP contribution in [0.5, 0.6) is 0 Å². The van der Waals surface area contributed by atoms with Gasteiger partial charge in [0.2, 0.25) is 11.8 Å². The van der Waals surface area contributed by atoms with Crippen molar-refractivity contribution in [1.82, 2.24) is 30.2 Å². The summed E-state index contributed by atoms with van der Waals surface area (Å²) >= 11 is 0. The van der Waals surface area contributed by atoms with Crippen molar-refractivity contribution in [2.24, 2.45) is 0 Å². The molecule has 0 bridgehead atoms. The van der Waals surface area contributed by atoms with Crippen molar-refractivity contribution >= 4 is 17.6 Å². The van der Waals surface area contributed by atoms with Gasteiger partial charge in [-0.1, -0.05) is 55.5 Å². The van der Waals surface area contributed by atoms with Gasteiger partial charge in [0, 0.05) is 25.7 Å². The molecule has 9 nitrogen and oxygen atoms in total. The Hall–Kier alpha value is -3.82. The maximum atomic E-state index is 14.6. The van der Waals surface area contributed by atoms with Crippen LogP contribution in [0.25, 0.3) is 0 Å². The lowest BCUT2D eigenvalue weighted by molar-refractivity contribution is -0.139. The molecule has 2 amide bonds. The van der Waals surface area contributed by atoms with Gasteiger partial charge in [-0.3, -0.25) is 14.6 Å². The summed E-state index contributed by atoms with van der Waals surface area (Å²) in [6.45, 7) is 9.40. The molecule has 38 heavy (non-hydrogen) atoms. The molecule has 1 fully saturated rings. The lowest BCUT2D eigenvalue weighted by Crippen LogP contribution is -2.48. The molecule has 0 saturated carbocycles. The van der Waals surface area contributed by atoms with Gasteiger partial charge in [-0.05, 0) is 37.0 Å². The zero-order valence-corrected chi connectivity index (χ0v) is 22.4. The molecule has 202 valence electrons. The maximum absolute atomic E-state index is 14.6. The number of carbonyl (C=O) groups excluding carboxylic acids is 2. The Balaban J connectivity index is 1.54. The molecule has 0 unspecified atom stereocenters. The first-order chi connectivity index (χ1) is 18.3. The average molecular weight is 522 g/mol. The van der Waals surface area contributed by atoms with E-state index < -0.39 is 24.2 Å². The smallest absolute Gasteiger partial charge is 0.245 e. The van der Waals surface area contributed by atoms with E-state index in [1.165, 1.54) is 9.58 Å². The predicted molar refractivity (Wildman–Crippen MR) is 143 cm³/mol. The fourth-order valence-electron chi connectivity index (χ4n) is 4.83. The minimum atomic E-state index is -1.29. The zero-order chi connectivity index (χ0) is 27.2. The van der Waals surface area contributed by atoms with Gasteiger partial charge in [0.1, 0.15) is 24.6 Å². The molecule has 0 spiro atoms. The number of hydrogen-bond donors (Lipinski definition) is 1. The second-order valence-electron chi connectivity index (χ2n) is 9.84. The normalized spacial score (nSPS) is 18.0. The molecule has 2 aromatic heterocycles. The number of aromatic nitrogens is 4. The second kappa shape index (κ2) is 12.1. The van der Waals surface area contributed by atoms with Gasteiger partial charge in [0.05, 0.1) is 24.5 Å². The lowest BCUT2D eigenvalue weighted by atomic mass is 10.00. The fourth-order valence-corrected chi connectivity index (χ4v) is 4.83. The van der Waals surface area contributed by atoms with E-state index in [1.807, 2.05) is 67.4 Å². The topological polar surface area (TPSA) is 96.3 Å². The number of carbonyl (C=O) groups is 2. The highest BCUT2D eigenvalue weighted by atomic mass is 19.1. The molecular weight excluding hydrogens is 485 g/mol. The van der Waals surface area contributed by atoms with E-state index in [0.29, 0.717) is 17.4 Å². The number of hydrogen-bond acceptors (Lipinski definition) is 6. The molecule has 3 aromatic rings. The molecule has 3 atom stereocenters. The van der Waals surface area contributed by atoms with Crippen LogP contribution in [0.3, 0.4) is 0 Å². The molecule has 1 N–H and O–H groups in total. The summed E-state index contributed by atoms with van der Waals surface area (Å²) in [7, 11) is 0. The molecule has 1 aliphatic rings. The van der Waals surface area contributed by atoms with Crippen LogP contribution >= 0.6 is 0 Å². The molecule has 0 aliphatic carbocycles. The van der Waals surface area contributed by atoms with E-state index in [0.717, 1.165) is 24.2 Å². The standard InChI is InChI=1S/C28H36FN7O2/c1-5-34(6-2)25-16-31-33-36(25)18-26(37)35-17-22(29)14-24(35)28(38)32-27(20-10-8-7-9-11-20)23-13-12-21(15-30-23)19(3)4/h7-13,15-16,19,22,24,27H,5-6,14,17-18H2,1-4H3,(H,32,38)/t22-,24+,27+/m1/s1. The summed E-state index contributed by atoms with van der Waals surface area (Å²) in [4.78, 5) is 34.9. The first-order valence-electron chi connectivity index (χ1n) is 13.2. The lowest BCUT2D eigenvalue weighted by Gasteiger charge is -2.27. The summed E-state index contributed by atoms with van der Waals surface area (Å²) in [6, 6.07) is 12.0. The monoisotopic (exact) mass is 521 g/mol. The quantitative estimate of drug-likeness (QED) is 0.439. The molecule has 3 heterocycles. The van der Waals surface area contributed by atoms with Crippen LogP contribution in [0, 0.1) is 0 Å². The van der Waals surface area contributed by atoms with Gasteiger partial charge < -0.3 is 15.1 Å². The number of amides is 2. The van der Waals surface area contributed by atoms with Crippen molar-refractivity contribution in [3.8, 4) is 0 Å². The molecule has 4 rings (SSSR count). The number of nitrogens with one attached hydrogen (secondary N) is 1. The fraction of sp³-hybridized carbons (Fsp3) is 0.464. The molecule has 1 saturated heterocycles. The molecule has 0 radical (unpaired) electrons. The van der Waals surface area contributed by atoms with Crippen LogP contribution in [0.4, 0.5) is 10.2 Å². The summed E-state index contributed by atoms with van der Waals surface area (Å²) in [6.07, 6.45) is 2.08. The molecule has 1 aromatic carbocycles. The summed E-state index contributed by atoms with van der Waals surface area (Å²) in [5, 5.41) is 11.1. The first kappa shape index (κ1) is 27.2. The van der Waals surface area contributed by atoms with Gasteiger partial charge in [0.25, 0.3) is 0 Å². The Bertz CT molecular complexity index is 1210. The van der Waals surface area contributed by atoms with Crippen molar-refractivity contribution < 1.29 is 14.0 Å². The van der Waals surface area contributed by atoms with E-state index in [-0.39, 0.29) is 25.4 Å². The van der Waals surface area contributed by atoms with Crippen molar-refractivity contribution in [2.75, 3.05) is 24.5 Å². The van der Waals surface area contributed by atoms with Crippen molar-refractivity contribution in [3.63, 3.8) is 0 Å². The third kappa shape index (κ3) is 6.00. The van der Waals surface area contributed by atoms with Crippen molar-refractivity contribution in [1.29, 1.82) is 0 Å². The van der Waals surface area contributed by atoms with Crippen molar-refractivity contribution in [3.05, 3.63) is 71.7 Å². The number of alkyl halides is 1. The van der Waals surface area contributed by atoms with E-state index in [9.17, 15) is 14.0 Å². The predicted octanol–water partition coefficient (Wildman–Crippen LogP) is 3.49. The largest absolute Gasteiger partial charge is 0.356 e. The SMILES string of the molecule is CCN(CC)c1cnnn1CC(=O)N1C[C@H](F)C[C@H]1C(=O)N[C@@H](c1ccccc1)c1ccc(C(C)C)cn1.